The Labute approximate surface area is 159 Å². The Bertz CT molecular complexity index is 883. The van der Waals surface area contributed by atoms with Crippen LogP contribution in [-0.2, 0) is 12.8 Å². The molecule has 0 atom stereocenters. The number of nitro groups is 1. The molecule has 1 amide bonds. The average Bonchev–Trinajstić information content (AvgIpc) is 2.93. The highest BCUT2D eigenvalue weighted by molar-refractivity contribution is 7.14. The van der Waals surface area contributed by atoms with Crippen LogP contribution in [0.15, 0.2) is 23.3 Å². The van der Waals surface area contributed by atoms with Crippen LogP contribution < -0.4 is 10.2 Å². The van der Waals surface area contributed by atoms with Crippen molar-refractivity contribution in [2.45, 2.75) is 32.1 Å². The van der Waals surface area contributed by atoms with Crippen molar-refractivity contribution in [2.24, 2.45) is 5.10 Å². The van der Waals surface area contributed by atoms with E-state index in [1.54, 1.807) is 0 Å². The van der Waals surface area contributed by atoms with E-state index in [-0.39, 0.29) is 11.7 Å². The number of rotatable bonds is 5. The fourth-order valence-corrected chi connectivity index (χ4v) is 4.13. The van der Waals surface area contributed by atoms with Crippen molar-refractivity contribution in [1.82, 2.24) is 5.43 Å². The van der Waals surface area contributed by atoms with E-state index in [9.17, 15) is 20.0 Å². The highest BCUT2D eigenvalue weighted by atomic mass is 32.1. The van der Waals surface area contributed by atoms with Crippen LogP contribution in [-0.4, -0.2) is 29.3 Å². The lowest BCUT2D eigenvalue weighted by Gasteiger charge is -2.05. The first-order valence-electron chi connectivity index (χ1n) is 8.50. The van der Waals surface area contributed by atoms with Crippen LogP contribution in [0.3, 0.4) is 0 Å². The number of aryl methyl sites for hydroxylation is 2. The minimum Gasteiger partial charge on any atom is -0.500 e. The maximum absolute atomic E-state index is 12.3. The molecule has 1 aliphatic carbocycles. The van der Waals surface area contributed by atoms with Crippen LogP contribution in [0.25, 0.3) is 0 Å². The van der Waals surface area contributed by atoms with E-state index >= 15 is 0 Å². The number of phenolic OH excluding ortho intramolecular Hbond substituents is 1. The van der Waals surface area contributed by atoms with Crippen LogP contribution in [0, 0.1) is 10.1 Å². The van der Waals surface area contributed by atoms with E-state index in [4.69, 9.17) is 4.74 Å². The summed E-state index contributed by atoms with van der Waals surface area (Å²) >= 11 is 1.49. The number of carbonyl (C=O) groups excluding carboxylic acids is 1. The molecule has 1 heterocycles. The first-order chi connectivity index (χ1) is 13.0. The Kier molecular flexibility index (Phi) is 5.70. The Hall–Kier alpha value is -2.94. The third-order valence-corrected chi connectivity index (χ3v) is 5.58. The molecule has 9 heteroatoms. The van der Waals surface area contributed by atoms with Crippen LogP contribution in [0.4, 0.5) is 5.69 Å². The molecular weight excluding hydrogens is 370 g/mol. The lowest BCUT2D eigenvalue weighted by molar-refractivity contribution is -0.386. The molecule has 142 valence electrons. The van der Waals surface area contributed by atoms with E-state index < -0.39 is 16.4 Å². The Balaban J connectivity index is 1.73. The molecule has 0 saturated carbocycles. The third-order valence-electron chi connectivity index (χ3n) is 4.34. The van der Waals surface area contributed by atoms with Crippen molar-refractivity contribution in [3.8, 4) is 11.5 Å². The van der Waals surface area contributed by atoms with Gasteiger partial charge in [0, 0.05) is 16.5 Å². The lowest BCUT2D eigenvalue weighted by atomic mass is 10.1. The van der Waals surface area contributed by atoms with Crippen molar-refractivity contribution in [3.63, 3.8) is 0 Å². The molecule has 0 saturated heterocycles. The average molecular weight is 389 g/mol. The topological polar surface area (TPSA) is 114 Å². The minimum absolute atomic E-state index is 0.0426. The molecule has 1 aromatic carbocycles. The Morgan fingerprint density at radius 3 is 2.85 bits per heavy atom. The number of hydrazone groups is 1. The molecule has 8 nitrogen and oxygen atoms in total. The number of aromatic hydroxyl groups is 1. The predicted molar refractivity (Wildman–Crippen MR) is 102 cm³/mol. The standard InChI is InChI=1S/C18H19N3O5S/c1-26-14-8-11(7-13(17(14)22)21(24)25)10-19-20-18(23)16-9-12-5-3-2-4-6-15(12)27-16/h7-10,22H,2-6H2,1H3,(H,20,23)/b19-10-. The van der Waals surface area contributed by atoms with Crippen LogP contribution in [0.5, 0.6) is 11.5 Å². The summed E-state index contributed by atoms with van der Waals surface area (Å²) in [5.74, 6) is -0.910. The number of nitrogens with one attached hydrogen (secondary N) is 1. The summed E-state index contributed by atoms with van der Waals surface area (Å²) in [6.07, 6.45) is 6.78. The van der Waals surface area contributed by atoms with Crippen LogP contribution in [0.2, 0.25) is 0 Å². The number of ether oxygens (including phenoxy) is 1. The highest BCUT2D eigenvalue weighted by Gasteiger charge is 2.19. The number of thiophene rings is 1. The van der Waals surface area contributed by atoms with Crippen molar-refractivity contribution < 1.29 is 19.6 Å². The molecular formula is C18H19N3O5S. The molecule has 0 bridgehead atoms. The normalized spacial score (nSPS) is 13.8. The summed E-state index contributed by atoms with van der Waals surface area (Å²) in [6.45, 7) is 0. The first kappa shape index (κ1) is 18.8. The van der Waals surface area contributed by atoms with E-state index in [0.717, 1.165) is 31.7 Å². The second kappa shape index (κ2) is 8.17. The maximum Gasteiger partial charge on any atom is 0.315 e. The second-order valence-corrected chi connectivity index (χ2v) is 7.30. The molecule has 0 spiro atoms. The van der Waals surface area contributed by atoms with Gasteiger partial charge in [0.2, 0.25) is 5.75 Å². The number of nitrogens with zero attached hydrogens (tertiary/aromatic N) is 2. The van der Waals surface area contributed by atoms with E-state index in [0.29, 0.717) is 10.4 Å². The van der Waals surface area contributed by atoms with Crippen molar-refractivity contribution in [1.29, 1.82) is 0 Å². The smallest absolute Gasteiger partial charge is 0.315 e. The summed E-state index contributed by atoms with van der Waals surface area (Å²) in [5.41, 5.74) is 3.50. The number of carbonyl (C=O) groups is 1. The number of fused-ring (bicyclic) bond motifs is 1. The molecule has 0 aliphatic heterocycles. The van der Waals surface area contributed by atoms with Gasteiger partial charge in [0.05, 0.1) is 23.1 Å². The van der Waals surface area contributed by atoms with Crippen molar-refractivity contribution in [2.75, 3.05) is 7.11 Å². The molecule has 3 rings (SSSR count). The number of benzene rings is 1. The fraction of sp³-hybridized carbons (Fsp3) is 0.333. The number of hydrogen-bond donors (Lipinski definition) is 2. The quantitative estimate of drug-likeness (QED) is 0.352. The van der Waals surface area contributed by atoms with E-state index in [1.165, 1.54) is 47.6 Å². The van der Waals surface area contributed by atoms with Gasteiger partial charge in [-0.2, -0.15) is 5.10 Å². The third kappa shape index (κ3) is 4.25. The molecule has 0 fully saturated rings. The number of nitro benzene ring substituents is 1. The first-order valence-corrected chi connectivity index (χ1v) is 9.31. The van der Waals surface area contributed by atoms with Crippen LogP contribution in [0.1, 0.15) is 44.9 Å². The molecule has 0 radical (unpaired) electrons. The van der Waals surface area contributed by atoms with Gasteiger partial charge in [-0.05, 0) is 43.4 Å². The minimum atomic E-state index is -0.716. The van der Waals surface area contributed by atoms with Gasteiger partial charge in [0.15, 0.2) is 5.75 Å². The fourth-order valence-electron chi connectivity index (χ4n) is 2.98. The summed E-state index contributed by atoms with van der Waals surface area (Å²) in [5, 5.41) is 24.6. The van der Waals surface area contributed by atoms with Gasteiger partial charge in [-0.15, -0.1) is 11.3 Å². The zero-order chi connectivity index (χ0) is 19.4. The molecule has 27 heavy (non-hydrogen) atoms. The molecule has 2 aromatic rings. The summed E-state index contributed by atoms with van der Waals surface area (Å²) in [6, 6.07) is 4.47. The predicted octanol–water partition coefficient (Wildman–Crippen LogP) is 3.40. The molecule has 1 aliphatic rings. The summed E-state index contributed by atoms with van der Waals surface area (Å²) in [7, 11) is 1.29. The molecule has 2 N–H and O–H groups in total. The van der Waals surface area contributed by atoms with Gasteiger partial charge in [-0.3, -0.25) is 14.9 Å². The monoisotopic (exact) mass is 389 g/mol. The zero-order valence-electron chi connectivity index (χ0n) is 14.7. The van der Waals surface area contributed by atoms with E-state index in [1.807, 2.05) is 6.07 Å². The number of amides is 1. The SMILES string of the molecule is COc1cc(/C=N\NC(=O)c2cc3c(s2)CCCCC3)cc([N+](=O)[O-])c1O. The highest BCUT2D eigenvalue weighted by Crippen LogP contribution is 2.36. The number of hydrogen-bond acceptors (Lipinski definition) is 7. The molecule has 1 aromatic heterocycles. The summed E-state index contributed by atoms with van der Waals surface area (Å²) in [4.78, 5) is 24.5. The van der Waals surface area contributed by atoms with Crippen molar-refractivity contribution >= 4 is 29.1 Å². The van der Waals surface area contributed by atoms with Gasteiger partial charge < -0.3 is 9.84 Å². The van der Waals surface area contributed by atoms with Gasteiger partial charge in [-0.25, -0.2) is 5.43 Å². The zero-order valence-corrected chi connectivity index (χ0v) is 15.5. The molecule has 0 unspecified atom stereocenters. The Morgan fingerprint density at radius 1 is 1.33 bits per heavy atom. The Morgan fingerprint density at radius 2 is 2.11 bits per heavy atom. The number of methoxy groups -OCH3 is 1. The largest absolute Gasteiger partial charge is 0.500 e. The van der Waals surface area contributed by atoms with Gasteiger partial charge in [-0.1, -0.05) is 6.42 Å². The summed E-state index contributed by atoms with van der Waals surface area (Å²) < 4.78 is 4.93. The van der Waals surface area contributed by atoms with Gasteiger partial charge in [0.1, 0.15) is 0 Å². The van der Waals surface area contributed by atoms with Crippen molar-refractivity contribution in [3.05, 3.63) is 49.2 Å². The lowest BCUT2D eigenvalue weighted by Crippen LogP contribution is -2.16. The van der Waals surface area contributed by atoms with E-state index in [2.05, 4.69) is 10.5 Å². The maximum atomic E-state index is 12.3. The van der Waals surface area contributed by atoms with Gasteiger partial charge >= 0.3 is 5.69 Å². The van der Waals surface area contributed by atoms with Gasteiger partial charge in [0.25, 0.3) is 5.91 Å². The number of phenols is 1. The van der Waals surface area contributed by atoms with Crippen LogP contribution >= 0.6 is 11.3 Å². The second-order valence-electron chi connectivity index (χ2n) is 6.17.